The van der Waals surface area contributed by atoms with Crippen LogP contribution in [0.1, 0.15) is 19.8 Å². The Bertz CT molecular complexity index is 648. The molecular formula is C13H18IN3O4S. The van der Waals surface area contributed by atoms with Gasteiger partial charge in [-0.25, -0.2) is 22.3 Å². The molecule has 0 atom stereocenters. The minimum atomic E-state index is -3.72. The number of hydrogen-bond donors (Lipinski definition) is 2. The van der Waals surface area contributed by atoms with Crippen molar-refractivity contribution >= 4 is 50.4 Å². The number of para-hydroxylation sites is 1. The highest BCUT2D eigenvalue weighted by molar-refractivity contribution is 14.1. The van der Waals surface area contributed by atoms with Gasteiger partial charge in [-0.05, 0) is 41.1 Å². The molecule has 0 fully saturated rings. The van der Waals surface area contributed by atoms with Gasteiger partial charge in [0.05, 0.1) is 11.9 Å². The first kappa shape index (κ1) is 18.7. The smallest absolute Gasteiger partial charge is 0.307 e. The number of carbonyl (C=O) groups excluding carboxylic acids is 2. The maximum atomic E-state index is 12.0. The maximum Gasteiger partial charge on any atom is 0.339 e. The highest BCUT2D eigenvalue weighted by atomic mass is 127. The molecule has 122 valence electrons. The number of unbranched alkanes of at least 4 members (excludes halogenated alkanes) is 1. The van der Waals surface area contributed by atoms with Gasteiger partial charge in [-0.15, -0.1) is 0 Å². The second-order valence-electron chi connectivity index (χ2n) is 4.55. The molecule has 0 aromatic heterocycles. The van der Waals surface area contributed by atoms with Gasteiger partial charge in [0.1, 0.15) is 0 Å². The number of urea groups is 2. The van der Waals surface area contributed by atoms with Crippen LogP contribution in [0, 0.1) is 3.57 Å². The second kappa shape index (κ2) is 8.32. The first-order valence-electron chi connectivity index (χ1n) is 6.60. The van der Waals surface area contributed by atoms with Gasteiger partial charge in [-0.2, -0.15) is 0 Å². The molecule has 0 radical (unpaired) electrons. The van der Waals surface area contributed by atoms with E-state index in [-0.39, 0.29) is 6.54 Å². The number of imide groups is 1. The lowest BCUT2D eigenvalue weighted by Crippen LogP contribution is -2.47. The van der Waals surface area contributed by atoms with Crippen LogP contribution in [-0.4, -0.2) is 37.6 Å². The predicted molar refractivity (Wildman–Crippen MR) is 93.2 cm³/mol. The molecule has 0 aliphatic heterocycles. The lowest BCUT2D eigenvalue weighted by atomic mass is 10.3. The predicted octanol–water partition coefficient (Wildman–Crippen LogP) is 2.59. The Balaban J connectivity index is 2.73. The van der Waals surface area contributed by atoms with Crippen molar-refractivity contribution in [3.8, 4) is 0 Å². The average Bonchev–Trinajstić information content (AvgIpc) is 2.40. The zero-order valence-corrected chi connectivity index (χ0v) is 15.3. The van der Waals surface area contributed by atoms with Gasteiger partial charge in [0.25, 0.3) is 0 Å². The lowest BCUT2D eigenvalue weighted by Gasteiger charge is -2.20. The summed E-state index contributed by atoms with van der Waals surface area (Å²) in [6, 6.07) is 5.29. The zero-order chi connectivity index (χ0) is 16.8. The summed E-state index contributed by atoms with van der Waals surface area (Å²) < 4.78 is 24.7. The van der Waals surface area contributed by atoms with Crippen LogP contribution in [0.2, 0.25) is 0 Å². The van der Waals surface area contributed by atoms with E-state index in [1.807, 2.05) is 40.9 Å². The van der Waals surface area contributed by atoms with Crippen LogP contribution in [0.15, 0.2) is 24.3 Å². The van der Waals surface area contributed by atoms with E-state index in [0.29, 0.717) is 16.4 Å². The van der Waals surface area contributed by atoms with Crippen molar-refractivity contribution in [3.05, 3.63) is 27.8 Å². The van der Waals surface area contributed by atoms with Crippen molar-refractivity contribution in [1.29, 1.82) is 0 Å². The van der Waals surface area contributed by atoms with Crippen LogP contribution in [0.3, 0.4) is 0 Å². The molecule has 0 saturated carbocycles. The quantitative estimate of drug-likeness (QED) is 0.690. The van der Waals surface area contributed by atoms with Crippen LogP contribution in [0.4, 0.5) is 15.3 Å². The molecule has 1 aromatic rings. The second-order valence-corrected chi connectivity index (χ2v) is 7.62. The lowest BCUT2D eigenvalue weighted by molar-refractivity contribution is 0.219. The van der Waals surface area contributed by atoms with Crippen LogP contribution >= 0.6 is 22.6 Å². The molecule has 0 spiro atoms. The Labute approximate surface area is 143 Å². The van der Waals surface area contributed by atoms with E-state index in [0.717, 1.165) is 16.2 Å². The van der Waals surface area contributed by atoms with E-state index < -0.39 is 22.1 Å². The fourth-order valence-corrected chi connectivity index (χ4v) is 2.93. The fourth-order valence-electron chi connectivity index (χ4n) is 1.60. The van der Waals surface area contributed by atoms with Crippen molar-refractivity contribution in [2.75, 3.05) is 18.1 Å². The molecular weight excluding hydrogens is 421 g/mol. The average molecular weight is 439 g/mol. The van der Waals surface area contributed by atoms with Crippen LogP contribution in [0.25, 0.3) is 0 Å². The summed E-state index contributed by atoms with van der Waals surface area (Å²) in [6.07, 6.45) is 2.19. The van der Waals surface area contributed by atoms with Gasteiger partial charge in [0, 0.05) is 10.1 Å². The number of benzene rings is 1. The van der Waals surface area contributed by atoms with Gasteiger partial charge >= 0.3 is 12.1 Å². The minimum Gasteiger partial charge on any atom is -0.307 e. The Morgan fingerprint density at radius 2 is 1.91 bits per heavy atom. The third kappa shape index (κ3) is 5.79. The SMILES string of the molecule is CCCCN(C(=O)NC(=O)Nc1ccccc1I)S(C)(=O)=O. The molecule has 4 amide bonds. The molecule has 0 heterocycles. The van der Waals surface area contributed by atoms with Gasteiger partial charge in [0.2, 0.25) is 10.0 Å². The minimum absolute atomic E-state index is 0.0390. The molecule has 0 aliphatic rings. The third-order valence-corrected chi connectivity index (χ3v) is 4.77. The van der Waals surface area contributed by atoms with E-state index >= 15 is 0 Å². The number of halogens is 1. The summed E-state index contributed by atoms with van der Waals surface area (Å²) in [6.45, 7) is 1.92. The summed E-state index contributed by atoms with van der Waals surface area (Å²) in [5.41, 5.74) is 0.535. The number of anilines is 1. The van der Waals surface area contributed by atoms with Crippen molar-refractivity contribution in [2.24, 2.45) is 0 Å². The Hall–Kier alpha value is -1.36. The number of amides is 4. The molecule has 0 unspecified atom stereocenters. The molecule has 9 heteroatoms. The van der Waals surface area contributed by atoms with Gasteiger partial charge in [0.15, 0.2) is 0 Å². The molecule has 2 N–H and O–H groups in total. The van der Waals surface area contributed by atoms with E-state index in [2.05, 4.69) is 5.32 Å². The van der Waals surface area contributed by atoms with Crippen molar-refractivity contribution in [3.63, 3.8) is 0 Å². The number of hydrogen-bond acceptors (Lipinski definition) is 4. The van der Waals surface area contributed by atoms with Gasteiger partial charge in [-0.1, -0.05) is 25.5 Å². The third-order valence-electron chi connectivity index (χ3n) is 2.68. The van der Waals surface area contributed by atoms with Gasteiger partial charge < -0.3 is 5.32 Å². The molecule has 22 heavy (non-hydrogen) atoms. The van der Waals surface area contributed by atoms with E-state index in [1.165, 1.54) is 0 Å². The van der Waals surface area contributed by atoms with Crippen molar-refractivity contribution < 1.29 is 18.0 Å². The molecule has 1 aromatic carbocycles. The van der Waals surface area contributed by atoms with E-state index in [1.54, 1.807) is 18.2 Å². The van der Waals surface area contributed by atoms with Crippen molar-refractivity contribution in [1.82, 2.24) is 9.62 Å². The first-order chi connectivity index (χ1) is 10.3. The van der Waals surface area contributed by atoms with E-state index in [4.69, 9.17) is 0 Å². The molecule has 0 aliphatic carbocycles. The van der Waals surface area contributed by atoms with Crippen LogP contribution in [0.5, 0.6) is 0 Å². The summed E-state index contributed by atoms with van der Waals surface area (Å²) in [7, 11) is -3.72. The molecule has 0 saturated heterocycles. The largest absolute Gasteiger partial charge is 0.339 e. The number of nitrogens with zero attached hydrogens (tertiary/aromatic N) is 1. The Morgan fingerprint density at radius 3 is 2.45 bits per heavy atom. The number of nitrogens with one attached hydrogen (secondary N) is 2. The van der Waals surface area contributed by atoms with Crippen LogP contribution in [-0.2, 0) is 10.0 Å². The van der Waals surface area contributed by atoms with E-state index in [9.17, 15) is 18.0 Å². The fraction of sp³-hybridized carbons (Fsp3) is 0.385. The molecule has 1 rings (SSSR count). The summed E-state index contributed by atoms with van der Waals surface area (Å²) in [4.78, 5) is 23.8. The summed E-state index contributed by atoms with van der Waals surface area (Å²) in [5.74, 6) is 0. The number of sulfonamides is 1. The Morgan fingerprint density at radius 1 is 1.27 bits per heavy atom. The van der Waals surface area contributed by atoms with Crippen LogP contribution < -0.4 is 10.6 Å². The zero-order valence-electron chi connectivity index (χ0n) is 12.3. The summed E-state index contributed by atoms with van der Waals surface area (Å²) >= 11 is 2.04. The number of carbonyl (C=O) groups is 2. The standard InChI is InChI=1S/C13H18IN3O4S/c1-3-4-9-17(22(2,20)21)13(19)16-12(18)15-11-8-6-5-7-10(11)14/h5-8H,3-4,9H2,1-2H3,(H2,15,16,18,19). The number of rotatable bonds is 5. The summed E-state index contributed by atoms with van der Waals surface area (Å²) in [5, 5.41) is 4.53. The monoisotopic (exact) mass is 439 g/mol. The normalized spacial score (nSPS) is 10.9. The Kier molecular flexibility index (Phi) is 7.07. The highest BCUT2D eigenvalue weighted by Gasteiger charge is 2.24. The maximum absolute atomic E-state index is 12.0. The first-order valence-corrected chi connectivity index (χ1v) is 9.52. The van der Waals surface area contributed by atoms with Gasteiger partial charge in [-0.3, -0.25) is 5.32 Å². The molecule has 7 nitrogen and oxygen atoms in total. The topological polar surface area (TPSA) is 95.6 Å². The molecule has 0 bridgehead atoms. The highest BCUT2D eigenvalue weighted by Crippen LogP contribution is 2.16. The van der Waals surface area contributed by atoms with Crippen molar-refractivity contribution in [2.45, 2.75) is 19.8 Å².